The minimum absolute atomic E-state index is 0.0451. The lowest BCUT2D eigenvalue weighted by Crippen LogP contribution is -2.28. The van der Waals surface area contributed by atoms with E-state index in [1.807, 2.05) is 0 Å². The van der Waals surface area contributed by atoms with Crippen molar-refractivity contribution < 1.29 is 18.0 Å². The Labute approximate surface area is 150 Å². The van der Waals surface area contributed by atoms with E-state index in [9.17, 15) is 18.0 Å². The van der Waals surface area contributed by atoms with Gasteiger partial charge in [-0.3, -0.25) is 9.48 Å². The molecule has 2 fully saturated rings. The Balaban J connectivity index is 1.42. The number of aryl methyl sites for hydroxylation is 1. The fraction of sp³-hybridized carbons (Fsp3) is 0.765. The number of hydrogen-bond donors (Lipinski definition) is 1. The lowest BCUT2D eigenvalue weighted by Gasteiger charge is -2.20. The Hall–Kier alpha value is -1.24. The summed E-state index contributed by atoms with van der Waals surface area (Å²) in [7, 11) is 0. The zero-order chi connectivity index (χ0) is 18.2. The summed E-state index contributed by atoms with van der Waals surface area (Å²) in [6, 6.07) is 0. The van der Waals surface area contributed by atoms with E-state index in [1.54, 1.807) is 0 Å². The van der Waals surface area contributed by atoms with Gasteiger partial charge in [0.05, 0.1) is 10.7 Å². The van der Waals surface area contributed by atoms with Crippen molar-refractivity contribution in [1.29, 1.82) is 0 Å². The zero-order valence-electron chi connectivity index (χ0n) is 14.2. The molecule has 1 aromatic rings. The molecule has 3 atom stereocenters. The van der Waals surface area contributed by atoms with E-state index in [0.717, 1.165) is 5.92 Å². The van der Waals surface area contributed by atoms with Gasteiger partial charge in [0.25, 0.3) is 0 Å². The fourth-order valence-electron chi connectivity index (χ4n) is 4.32. The maximum Gasteiger partial charge on any atom is 0.436 e. The van der Waals surface area contributed by atoms with Crippen LogP contribution in [0.1, 0.15) is 49.9 Å². The Bertz CT molecular complexity index is 644. The van der Waals surface area contributed by atoms with Gasteiger partial charge in [-0.05, 0) is 50.4 Å². The van der Waals surface area contributed by atoms with Crippen molar-refractivity contribution >= 4 is 17.5 Å². The van der Waals surface area contributed by atoms with Gasteiger partial charge in [-0.25, -0.2) is 0 Å². The van der Waals surface area contributed by atoms with Gasteiger partial charge in [-0.2, -0.15) is 18.3 Å². The Morgan fingerprint density at radius 1 is 1.36 bits per heavy atom. The van der Waals surface area contributed by atoms with Gasteiger partial charge in [0.1, 0.15) is 0 Å². The van der Waals surface area contributed by atoms with E-state index >= 15 is 0 Å². The second-order valence-electron chi connectivity index (χ2n) is 7.31. The molecule has 3 unspecified atom stereocenters. The molecular weight excluding hydrogens is 355 g/mol. The van der Waals surface area contributed by atoms with Crippen LogP contribution in [-0.2, 0) is 17.5 Å². The largest absolute Gasteiger partial charge is 0.436 e. The molecule has 1 aromatic heterocycles. The number of aromatic nitrogens is 2. The molecule has 8 heteroatoms. The Kier molecular flexibility index (Phi) is 5.32. The first-order valence-corrected chi connectivity index (χ1v) is 9.20. The summed E-state index contributed by atoms with van der Waals surface area (Å²) in [5.41, 5.74) is -0.755. The Morgan fingerprint density at radius 2 is 2.12 bits per heavy atom. The molecule has 1 N–H and O–H groups in total. The highest BCUT2D eigenvalue weighted by molar-refractivity contribution is 6.31. The minimum atomic E-state index is -4.55. The minimum Gasteiger partial charge on any atom is -0.356 e. The third-order valence-electron chi connectivity index (χ3n) is 5.60. The van der Waals surface area contributed by atoms with E-state index in [1.165, 1.54) is 37.3 Å². The first-order valence-electron chi connectivity index (χ1n) is 8.82. The van der Waals surface area contributed by atoms with Gasteiger partial charge < -0.3 is 5.32 Å². The summed E-state index contributed by atoms with van der Waals surface area (Å²) in [4.78, 5) is 12.0. The number of carbonyl (C=O) groups excluding carboxylic acids is 1. The fourth-order valence-corrected chi connectivity index (χ4v) is 4.56. The predicted octanol–water partition coefficient (Wildman–Crippen LogP) is 4.20. The van der Waals surface area contributed by atoms with Gasteiger partial charge in [-0.1, -0.05) is 18.0 Å². The van der Waals surface area contributed by atoms with Crippen molar-refractivity contribution in [3.8, 4) is 0 Å². The number of nitrogens with zero attached hydrogens (tertiary/aromatic N) is 2. The first-order chi connectivity index (χ1) is 11.8. The van der Waals surface area contributed by atoms with Crippen LogP contribution in [-0.4, -0.2) is 22.2 Å². The molecule has 2 aliphatic rings. The maximum absolute atomic E-state index is 12.8. The van der Waals surface area contributed by atoms with Crippen molar-refractivity contribution in [2.75, 3.05) is 6.54 Å². The van der Waals surface area contributed by atoms with Crippen molar-refractivity contribution in [3.05, 3.63) is 16.4 Å². The van der Waals surface area contributed by atoms with Crippen LogP contribution in [0.4, 0.5) is 13.2 Å². The molecule has 140 valence electrons. The van der Waals surface area contributed by atoms with Gasteiger partial charge in [-0.15, -0.1) is 0 Å². The van der Waals surface area contributed by atoms with Crippen molar-refractivity contribution in [1.82, 2.24) is 15.1 Å². The van der Waals surface area contributed by atoms with E-state index in [2.05, 4.69) is 10.4 Å². The molecule has 25 heavy (non-hydrogen) atoms. The topological polar surface area (TPSA) is 46.9 Å². The van der Waals surface area contributed by atoms with Crippen LogP contribution in [0.2, 0.25) is 5.02 Å². The van der Waals surface area contributed by atoms with Crippen molar-refractivity contribution in [2.45, 2.75) is 58.2 Å². The van der Waals surface area contributed by atoms with Crippen LogP contribution in [0.5, 0.6) is 0 Å². The molecule has 0 radical (unpaired) electrons. The van der Waals surface area contributed by atoms with Crippen LogP contribution in [0.3, 0.4) is 0 Å². The van der Waals surface area contributed by atoms with E-state index in [-0.39, 0.29) is 17.5 Å². The van der Waals surface area contributed by atoms with Gasteiger partial charge in [0, 0.05) is 19.5 Å². The summed E-state index contributed by atoms with van der Waals surface area (Å²) in [6.45, 7) is 2.23. The predicted molar refractivity (Wildman–Crippen MR) is 88.2 cm³/mol. The first kappa shape index (κ1) is 18.5. The number of rotatable bonds is 6. The molecule has 1 heterocycles. The van der Waals surface area contributed by atoms with Crippen LogP contribution < -0.4 is 5.32 Å². The number of halogens is 4. The smallest absolute Gasteiger partial charge is 0.356 e. The molecule has 2 saturated carbocycles. The number of nitrogens with one attached hydrogen (secondary N) is 1. The average molecular weight is 378 g/mol. The summed E-state index contributed by atoms with van der Waals surface area (Å²) < 4.78 is 39.6. The highest BCUT2D eigenvalue weighted by atomic mass is 35.5. The molecule has 0 saturated heterocycles. The van der Waals surface area contributed by atoms with Crippen LogP contribution >= 0.6 is 11.6 Å². The maximum atomic E-state index is 12.8. The molecule has 4 nitrogen and oxygen atoms in total. The molecule has 2 aliphatic carbocycles. The Morgan fingerprint density at radius 3 is 2.68 bits per heavy atom. The molecule has 1 amide bonds. The van der Waals surface area contributed by atoms with Crippen LogP contribution in [0.15, 0.2) is 0 Å². The van der Waals surface area contributed by atoms with Crippen molar-refractivity contribution in [3.63, 3.8) is 0 Å². The monoisotopic (exact) mass is 377 g/mol. The molecule has 0 aromatic carbocycles. The number of carbonyl (C=O) groups is 1. The second-order valence-corrected chi connectivity index (χ2v) is 7.69. The van der Waals surface area contributed by atoms with Gasteiger partial charge >= 0.3 is 6.18 Å². The lowest BCUT2D eigenvalue weighted by atomic mass is 9.86. The van der Waals surface area contributed by atoms with Crippen LogP contribution in [0.25, 0.3) is 0 Å². The number of alkyl halides is 3. The molecule has 0 aliphatic heterocycles. The second kappa shape index (κ2) is 7.17. The normalized spacial score (nSPS) is 25.6. The highest BCUT2D eigenvalue weighted by Crippen LogP contribution is 2.49. The SMILES string of the molecule is Cc1c(Cl)c(C(F)(F)F)nn1CCCNC(=O)CC1CC2CCC1C2. The third kappa shape index (κ3) is 4.13. The van der Waals surface area contributed by atoms with E-state index in [0.29, 0.717) is 36.9 Å². The van der Waals surface area contributed by atoms with Gasteiger partial charge in [0.15, 0.2) is 5.69 Å². The lowest BCUT2D eigenvalue weighted by molar-refractivity contribution is -0.141. The summed E-state index contributed by atoms with van der Waals surface area (Å²) in [5.74, 6) is 2.09. The van der Waals surface area contributed by atoms with Crippen molar-refractivity contribution in [2.24, 2.45) is 17.8 Å². The number of fused-ring (bicyclic) bond motifs is 2. The molecule has 3 rings (SSSR count). The zero-order valence-corrected chi connectivity index (χ0v) is 15.0. The average Bonchev–Trinajstić information content (AvgIpc) is 3.20. The highest BCUT2D eigenvalue weighted by Gasteiger charge is 2.40. The molecule has 2 bridgehead atoms. The summed E-state index contributed by atoms with van der Waals surface area (Å²) in [5, 5.41) is 6.07. The molecular formula is C17H23ClF3N3O. The van der Waals surface area contributed by atoms with Crippen LogP contribution in [0, 0.1) is 24.7 Å². The van der Waals surface area contributed by atoms with Gasteiger partial charge in [0.2, 0.25) is 5.91 Å². The molecule has 0 spiro atoms. The third-order valence-corrected chi connectivity index (χ3v) is 6.06. The summed E-state index contributed by atoms with van der Waals surface area (Å²) in [6.07, 6.45) is 1.55. The quantitative estimate of drug-likeness (QED) is 0.755. The standard InChI is InChI=1S/C17H23ClF3N3O/c1-10-15(18)16(17(19,20)21)23-24(10)6-2-5-22-14(25)9-13-8-11-3-4-12(13)7-11/h11-13H,2-9H2,1H3,(H,22,25). The van der Waals surface area contributed by atoms with E-state index in [4.69, 9.17) is 11.6 Å². The number of hydrogen-bond acceptors (Lipinski definition) is 2. The summed E-state index contributed by atoms with van der Waals surface area (Å²) >= 11 is 5.71. The number of amides is 1. The van der Waals surface area contributed by atoms with E-state index < -0.39 is 11.9 Å².